The van der Waals surface area contributed by atoms with Crippen LogP contribution in [0.5, 0.6) is 0 Å². The number of furan rings is 1. The predicted octanol–water partition coefficient (Wildman–Crippen LogP) is 1.68. The lowest BCUT2D eigenvalue weighted by Crippen LogP contribution is -2.45. The minimum Gasteiger partial charge on any atom is -0.465 e. The summed E-state index contributed by atoms with van der Waals surface area (Å²) < 4.78 is 28.7. The van der Waals surface area contributed by atoms with Crippen LogP contribution in [0.3, 0.4) is 0 Å². The quantitative estimate of drug-likeness (QED) is 0.523. The summed E-state index contributed by atoms with van der Waals surface area (Å²) in [6.07, 6.45) is 6.99. The maximum absolute atomic E-state index is 12.5. The van der Waals surface area contributed by atoms with Gasteiger partial charge in [0.05, 0.1) is 22.7 Å². The summed E-state index contributed by atoms with van der Waals surface area (Å²) in [6.45, 7) is -0.197. The van der Waals surface area contributed by atoms with Gasteiger partial charge in [-0.2, -0.15) is 0 Å². The van der Waals surface area contributed by atoms with E-state index in [0.717, 1.165) is 11.8 Å². The Hall–Kier alpha value is -1.91. The van der Waals surface area contributed by atoms with E-state index >= 15 is 0 Å². The molecule has 1 aromatic rings. The van der Waals surface area contributed by atoms with Gasteiger partial charge in [0.1, 0.15) is 16.6 Å². The number of allylic oxidation sites excluding steroid dienone is 2. The van der Waals surface area contributed by atoms with E-state index in [1.54, 1.807) is 43.7 Å². The van der Waals surface area contributed by atoms with Crippen LogP contribution < -0.4 is 0 Å². The fraction of sp³-hybridized carbons (Fsp3) is 0.353. The number of carbonyl (C=O) groups excluding carboxylic acids is 2. The van der Waals surface area contributed by atoms with Crippen molar-refractivity contribution in [2.24, 2.45) is 0 Å². The molecule has 1 atom stereocenters. The van der Waals surface area contributed by atoms with Gasteiger partial charge in [-0.1, -0.05) is 30.1 Å². The Bertz CT molecular complexity index is 918. The molecule has 0 radical (unpaired) electrons. The van der Waals surface area contributed by atoms with Crippen molar-refractivity contribution in [3.05, 3.63) is 41.2 Å². The molecule has 10 heteroatoms. The highest BCUT2D eigenvalue weighted by Crippen LogP contribution is 2.31. The Morgan fingerprint density at radius 1 is 1.52 bits per heavy atom. The molecule has 0 bridgehead atoms. The number of amides is 2. The van der Waals surface area contributed by atoms with Crippen molar-refractivity contribution in [3.63, 3.8) is 0 Å². The van der Waals surface area contributed by atoms with E-state index in [2.05, 4.69) is 0 Å². The molecule has 144 valence electrons. The molecule has 1 unspecified atom stereocenters. The molecule has 0 aliphatic carbocycles. The number of sulfone groups is 1. The Morgan fingerprint density at radius 2 is 2.30 bits per heavy atom. The highest BCUT2D eigenvalue weighted by Gasteiger charge is 2.37. The molecule has 3 rings (SSSR count). The van der Waals surface area contributed by atoms with Crippen molar-refractivity contribution in [2.75, 3.05) is 25.1 Å². The third-order valence-electron chi connectivity index (χ3n) is 4.37. The highest BCUT2D eigenvalue weighted by molar-refractivity contribution is 8.26. The summed E-state index contributed by atoms with van der Waals surface area (Å²) in [5.74, 6) is 0.0346. The van der Waals surface area contributed by atoms with Crippen molar-refractivity contribution >= 4 is 56.0 Å². The van der Waals surface area contributed by atoms with Crippen LogP contribution in [0.25, 0.3) is 6.08 Å². The molecule has 7 nitrogen and oxygen atoms in total. The first-order valence-corrected chi connectivity index (χ1v) is 11.2. The van der Waals surface area contributed by atoms with Gasteiger partial charge in [-0.05, 0) is 30.7 Å². The zero-order valence-electron chi connectivity index (χ0n) is 14.5. The zero-order valence-corrected chi connectivity index (χ0v) is 17.0. The lowest BCUT2D eigenvalue weighted by Gasteiger charge is -2.25. The van der Waals surface area contributed by atoms with Gasteiger partial charge < -0.3 is 9.32 Å². The number of rotatable bonds is 5. The second-order valence-electron chi connectivity index (χ2n) is 6.23. The van der Waals surface area contributed by atoms with E-state index in [-0.39, 0.29) is 35.9 Å². The Labute approximate surface area is 167 Å². The van der Waals surface area contributed by atoms with Gasteiger partial charge >= 0.3 is 0 Å². The fourth-order valence-corrected chi connectivity index (χ4v) is 5.78. The number of hydrogen-bond donors (Lipinski definition) is 0. The summed E-state index contributed by atoms with van der Waals surface area (Å²) in [5.41, 5.74) is 0. The predicted molar refractivity (Wildman–Crippen MR) is 108 cm³/mol. The van der Waals surface area contributed by atoms with E-state index in [1.807, 2.05) is 0 Å². The molecule has 2 saturated heterocycles. The molecule has 2 aliphatic heterocycles. The SMILES string of the molecule is CN(C(=O)CN1C(=O)C(=CC=Cc2ccco2)SC1=S)C1CCS(=O)(=O)C1. The maximum Gasteiger partial charge on any atom is 0.266 e. The van der Waals surface area contributed by atoms with Gasteiger partial charge in [-0.25, -0.2) is 8.42 Å². The van der Waals surface area contributed by atoms with Crippen LogP contribution in [-0.2, 0) is 19.4 Å². The summed E-state index contributed by atoms with van der Waals surface area (Å²) in [4.78, 5) is 28.1. The average Bonchev–Trinajstić information content (AvgIpc) is 3.31. The number of thiocarbonyl (C=S) groups is 1. The van der Waals surface area contributed by atoms with Gasteiger partial charge in [-0.15, -0.1) is 0 Å². The van der Waals surface area contributed by atoms with Crippen molar-refractivity contribution < 1.29 is 22.4 Å². The summed E-state index contributed by atoms with van der Waals surface area (Å²) in [7, 11) is -1.53. The molecule has 0 spiro atoms. The summed E-state index contributed by atoms with van der Waals surface area (Å²) in [6, 6.07) is 3.19. The number of hydrogen-bond acceptors (Lipinski definition) is 7. The summed E-state index contributed by atoms with van der Waals surface area (Å²) in [5, 5.41) is 0. The van der Waals surface area contributed by atoms with E-state index in [9.17, 15) is 18.0 Å². The lowest BCUT2D eigenvalue weighted by atomic mass is 10.2. The van der Waals surface area contributed by atoms with Crippen molar-refractivity contribution in [1.82, 2.24) is 9.80 Å². The van der Waals surface area contributed by atoms with Crippen LogP contribution >= 0.6 is 24.0 Å². The lowest BCUT2D eigenvalue weighted by molar-refractivity contribution is -0.135. The molecule has 2 fully saturated rings. The van der Waals surface area contributed by atoms with Crippen LogP contribution in [0.2, 0.25) is 0 Å². The molecule has 2 amide bonds. The Kier molecular flexibility index (Phi) is 5.87. The first kappa shape index (κ1) is 19.8. The maximum atomic E-state index is 12.5. The van der Waals surface area contributed by atoms with E-state index < -0.39 is 9.84 Å². The Balaban J connectivity index is 1.62. The third kappa shape index (κ3) is 4.69. The number of nitrogens with zero attached hydrogens (tertiary/aromatic N) is 2. The van der Waals surface area contributed by atoms with Gasteiger partial charge in [0.15, 0.2) is 9.84 Å². The van der Waals surface area contributed by atoms with Crippen LogP contribution in [0.1, 0.15) is 12.2 Å². The van der Waals surface area contributed by atoms with Gasteiger partial charge in [0, 0.05) is 13.1 Å². The smallest absolute Gasteiger partial charge is 0.266 e. The van der Waals surface area contributed by atoms with E-state index in [1.165, 1.54) is 9.80 Å². The standard InChI is InChI=1S/C17H18N2O5S3/c1-18(12-7-9-27(22,23)11-12)15(20)10-19-16(21)14(26-17(19)25)6-2-4-13-5-3-8-24-13/h2-6,8,12H,7,9-11H2,1H3. The van der Waals surface area contributed by atoms with Crippen LogP contribution in [-0.4, -0.2) is 65.5 Å². The minimum atomic E-state index is -3.09. The topological polar surface area (TPSA) is 87.9 Å². The van der Waals surface area contributed by atoms with Crippen molar-refractivity contribution in [2.45, 2.75) is 12.5 Å². The molecular weight excluding hydrogens is 408 g/mol. The molecule has 1 aromatic heterocycles. The fourth-order valence-electron chi connectivity index (χ4n) is 2.80. The molecular formula is C17H18N2O5S3. The first-order valence-electron chi connectivity index (χ1n) is 8.18. The number of likely N-dealkylation sites (N-methyl/N-ethyl adjacent to an activating group) is 1. The van der Waals surface area contributed by atoms with Crippen molar-refractivity contribution in [1.29, 1.82) is 0 Å². The van der Waals surface area contributed by atoms with E-state index in [4.69, 9.17) is 16.6 Å². The number of carbonyl (C=O) groups is 2. The van der Waals surface area contributed by atoms with Crippen molar-refractivity contribution in [3.8, 4) is 0 Å². The normalized spacial score (nSPS) is 23.7. The largest absolute Gasteiger partial charge is 0.465 e. The number of thioether (sulfide) groups is 1. The minimum absolute atomic E-state index is 0.0366. The third-order valence-corrected chi connectivity index (χ3v) is 7.51. The molecule has 27 heavy (non-hydrogen) atoms. The molecule has 2 aliphatic rings. The molecule has 0 saturated carbocycles. The first-order chi connectivity index (χ1) is 12.8. The van der Waals surface area contributed by atoms with Gasteiger partial charge in [0.2, 0.25) is 5.91 Å². The van der Waals surface area contributed by atoms with Crippen LogP contribution in [0.15, 0.2) is 39.9 Å². The molecule has 0 N–H and O–H groups in total. The highest BCUT2D eigenvalue weighted by atomic mass is 32.2. The second kappa shape index (κ2) is 7.99. The van der Waals surface area contributed by atoms with Gasteiger partial charge in [0.25, 0.3) is 5.91 Å². The second-order valence-corrected chi connectivity index (χ2v) is 10.1. The Morgan fingerprint density at radius 3 is 2.93 bits per heavy atom. The zero-order chi connectivity index (χ0) is 19.6. The monoisotopic (exact) mass is 426 g/mol. The van der Waals surface area contributed by atoms with E-state index in [0.29, 0.717) is 21.4 Å². The average molecular weight is 427 g/mol. The van der Waals surface area contributed by atoms with Gasteiger partial charge in [-0.3, -0.25) is 14.5 Å². The molecule has 0 aromatic carbocycles. The molecule has 3 heterocycles. The van der Waals surface area contributed by atoms with Crippen LogP contribution in [0, 0.1) is 0 Å². The van der Waals surface area contributed by atoms with Crippen LogP contribution in [0.4, 0.5) is 0 Å². The summed E-state index contributed by atoms with van der Waals surface area (Å²) >= 11 is 6.34.